The van der Waals surface area contributed by atoms with Gasteiger partial charge in [0, 0.05) is 19.0 Å². The van der Waals surface area contributed by atoms with Crippen molar-refractivity contribution in [3.05, 3.63) is 23.8 Å². The van der Waals surface area contributed by atoms with Crippen LogP contribution in [0.25, 0.3) is 0 Å². The quantitative estimate of drug-likeness (QED) is 0.846. The van der Waals surface area contributed by atoms with Crippen LogP contribution in [-0.2, 0) is 15.1 Å². The minimum atomic E-state index is -0.553. The maximum atomic E-state index is 12.9. The second-order valence-electron chi connectivity index (χ2n) is 7.70. The van der Waals surface area contributed by atoms with Crippen molar-refractivity contribution in [2.75, 3.05) is 20.8 Å². The lowest BCUT2D eigenvalue weighted by molar-refractivity contribution is -0.139. The second kappa shape index (κ2) is 7.17. The lowest BCUT2D eigenvalue weighted by Crippen LogP contribution is -2.50. The van der Waals surface area contributed by atoms with E-state index in [4.69, 9.17) is 9.47 Å². The molecule has 1 saturated carbocycles. The molecule has 2 fully saturated rings. The smallest absolute Gasteiger partial charge is 0.225 e. The number of carbonyl (C=O) groups excluding carboxylic acids is 2. The lowest BCUT2D eigenvalue weighted by Gasteiger charge is -2.35. The number of piperidine rings is 1. The van der Waals surface area contributed by atoms with E-state index in [-0.39, 0.29) is 17.7 Å². The molecule has 3 rings (SSSR count). The summed E-state index contributed by atoms with van der Waals surface area (Å²) in [6, 6.07) is 6.02. The highest BCUT2D eigenvalue weighted by Crippen LogP contribution is 2.34. The summed E-state index contributed by atoms with van der Waals surface area (Å²) in [5.74, 6) is 1.34. The number of nitrogens with one attached hydrogen (secondary N) is 1. The maximum Gasteiger partial charge on any atom is 0.225 e. The number of methoxy groups -OCH3 is 2. The molecular weight excluding hydrogens is 332 g/mol. The van der Waals surface area contributed by atoms with Crippen LogP contribution in [0, 0.1) is 5.92 Å². The van der Waals surface area contributed by atoms with Crippen molar-refractivity contribution < 1.29 is 19.1 Å². The third kappa shape index (κ3) is 3.79. The van der Waals surface area contributed by atoms with Crippen molar-refractivity contribution in [2.45, 2.75) is 51.1 Å². The molecule has 0 aromatic heterocycles. The van der Waals surface area contributed by atoms with Crippen molar-refractivity contribution in [1.82, 2.24) is 10.2 Å². The van der Waals surface area contributed by atoms with Crippen molar-refractivity contribution >= 4 is 11.8 Å². The van der Waals surface area contributed by atoms with Crippen LogP contribution in [0.5, 0.6) is 11.5 Å². The van der Waals surface area contributed by atoms with Gasteiger partial charge in [0.05, 0.1) is 25.7 Å². The van der Waals surface area contributed by atoms with Crippen LogP contribution in [0.2, 0.25) is 0 Å². The molecule has 2 aliphatic rings. The fraction of sp³-hybridized carbons (Fsp3) is 0.600. The average Bonchev–Trinajstić information content (AvgIpc) is 3.46. The largest absolute Gasteiger partial charge is 0.493 e. The Morgan fingerprint density at radius 2 is 1.85 bits per heavy atom. The second-order valence-corrected chi connectivity index (χ2v) is 7.70. The standard InChI is InChI=1S/C20H28N2O4/c1-20(2,14-6-9-16(25-3)17(11-14)26-4)21-19(24)13-5-10-18(23)22(12-13)15-7-8-15/h6,9,11,13,15H,5,7-8,10,12H2,1-4H3,(H,21,24)/t13-/m1/s1. The van der Waals surface area contributed by atoms with Gasteiger partial charge in [-0.25, -0.2) is 0 Å². The van der Waals surface area contributed by atoms with Crippen LogP contribution < -0.4 is 14.8 Å². The zero-order valence-electron chi connectivity index (χ0n) is 16.0. The first-order chi connectivity index (χ1) is 12.4. The predicted molar refractivity (Wildman–Crippen MR) is 98.2 cm³/mol. The molecule has 6 heteroatoms. The Labute approximate surface area is 154 Å². The van der Waals surface area contributed by atoms with Crippen molar-refractivity contribution in [1.29, 1.82) is 0 Å². The van der Waals surface area contributed by atoms with Crippen LogP contribution in [0.4, 0.5) is 0 Å². The Morgan fingerprint density at radius 3 is 2.46 bits per heavy atom. The van der Waals surface area contributed by atoms with E-state index in [1.54, 1.807) is 14.2 Å². The highest BCUT2D eigenvalue weighted by Gasteiger charge is 2.39. The number of ether oxygens (including phenoxy) is 2. The van der Waals surface area contributed by atoms with Crippen molar-refractivity contribution in [3.63, 3.8) is 0 Å². The molecule has 142 valence electrons. The van der Waals surface area contributed by atoms with Crippen LogP contribution in [0.3, 0.4) is 0 Å². The summed E-state index contributed by atoms with van der Waals surface area (Å²) in [5.41, 5.74) is 0.386. The van der Waals surface area contributed by atoms with Gasteiger partial charge in [-0.05, 0) is 50.8 Å². The van der Waals surface area contributed by atoms with Gasteiger partial charge in [0.15, 0.2) is 11.5 Å². The molecule has 26 heavy (non-hydrogen) atoms. The summed E-state index contributed by atoms with van der Waals surface area (Å²) in [7, 11) is 3.19. The molecule has 0 radical (unpaired) electrons. The number of hydrogen-bond donors (Lipinski definition) is 1. The average molecular weight is 360 g/mol. The Bertz CT molecular complexity index is 697. The lowest BCUT2D eigenvalue weighted by atomic mass is 9.90. The Hall–Kier alpha value is -2.24. The third-order valence-electron chi connectivity index (χ3n) is 5.34. The predicted octanol–water partition coefficient (Wildman–Crippen LogP) is 2.46. The summed E-state index contributed by atoms with van der Waals surface area (Å²) < 4.78 is 10.7. The molecule has 0 unspecified atom stereocenters. The molecule has 1 heterocycles. The number of carbonyl (C=O) groups is 2. The van der Waals surface area contributed by atoms with Crippen LogP contribution in [-0.4, -0.2) is 43.5 Å². The number of hydrogen-bond acceptors (Lipinski definition) is 4. The number of rotatable bonds is 6. The Kier molecular flexibility index (Phi) is 5.12. The molecule has 1 aliphatic carbocycles. The molecule has 1 aromatic carbocycles. The van der Waals surface area contributed by atoms with Gasteiger partial charge in [-0.2, -0.15) is 0 Å². The molecule has 1 atom stereocenters. The fourth-order valence-corrected chi connectivity index (χ4v) is 3.53. The summed E-state index contributed by atoms with van der Waals surface area (Å²) in [4.78, 5) is 26.8. The van der Waals surface area contributed by atoms with E-state index in [0.29, 0.717) is 36.9 Å². The topological polar surface area (TPSA) is 67.9 Å². The van der Waals surface area contributed by atoms with E-state index in [1.165, 1.54) is 0 Å². The third-order valence-corrected chi connectivity index (χ3v) is 5.34. The monoisotopic (exact) mass is 360 g/mol. The van der Waals surface area contributed by atoms with E-state index in [9.17, 15) is 9.59 Å². The SMILES string of the molecule is COc1ccc(C(C)(C)NC(=O)[C@@H]2CCC(=O)N(C3CC3)C2)cc1OC. The van der Waals surface area contributed by atoms with Gasteiger partial charge in [0.1, 0.15) is 0 Å². The van der Waals surface area contributed by atoms with Gasteiger partial charge in [0.2, 0.25) is 11.8 Å². The molecule has 0 spiro atoms. The first-order valence-corrected chi connectivity index (χ1v) is 9.19. The number of benzene rings is 1. The molecule has 1 N–H and O–H groups in total. The Morgan fingerprint density at radius 1 is 1.15 bits per heavy atom. The Balaban J connectivity index is 1.70. The van der Waals surface area contributed by atoms with E-state index in [1.807, 2.05) is 36.9 Å². The highest BCUT2D eigenvalue weighted by molar-refractivity contribution is 5.84. The first-order valence-electron chi connectivity index (χ1n) is 9.19. The zero-order chi connectivity index (χ0) is 18.9. The van der Waals surface area contributed by atoms with Crippen LogP contribution in [0.1, 0.15) is 45.1 Å². The molecule has 1 saturated heterocycles. The normalized spacial score (nSPS) is 20.7. The zero-order valence-corrected chi connectivity index (χ0v) is 16.0. The molecule has 1 aliphatic heterocycles. The van der Waals surface area contributed by atoms with Crippen molar-refractivity contribution in [3.8, 4) is 11.5 Å². The number of nitrogens with zero attached hydrogens (tertiary/aromatic N) is 1. The van der Waals surface area contributed by atoms with Crippen molar-refractivity contribution in [2.24, 2.45) is 5.92 Å². The summed E-state index contributed by atoms with van der Waals surface area (Å²) in [5, 5.41) is 3.15. The van der Waals surface area contributed by atoms with E-state index < -0.39 is 5.54 Å². The number of amides is 2. The minimum absolute atomic E-state index is 0.00272. The summed E-state index contributed by atoms with van der Waals surface area (Å²) >= 11 is 0. The van der Waals surface area contributed by atoms with E-state index >= 15 is 0 Å². The van der Waals surface area contributed by atoms with Gasteiger partial charge < -0.3 is 19.7 Å². The fourth-order valence-electron chi connectivity index (χ4n) is 3.53. The van der Waals surface area contributed by atoms with E-state index in [2.05, 4.69) is 5.32 Å². The molecule has 6 nitrogen and oxygen atoms in total. The molecule has 0 bridgehead atoms. The minimum Gasteiger partial charge on any atom is -0.493 e. The first kappa shape index (κ1) is 18.5. The van der Waals surface area contributed by atoms with Crippen LogP contribution in [0.15, 0.2) is 18.2 Å². The van der Waals surface area contributed by atoms with Gasteiger partial charge in [-0.1, -0.05) is 6.07 Å². The maximum absolute atomic E-state index is 12.9. The summed E-state index contributed by atoms with van der Waals surface area (Å²) in [6.45, 7) is 4.48. The van der Waals surface area contributed by atoms with Crippen LogP contribution >= 0.6 is 0 Å². The molecule has 1 aromatic rings. The molecular formula is C20H28N2O4. The van der Waals surface area contributed by atoms with Gasteiger partial charge in [-0.3, -0.25) is 9.59 Å². The van der Waals surface area contributed by atoms with Gasteiger partial charge >= 0.3 is 0 Å². The number of likely N-dealkylation sites (tertiary alicyclic amines) is 1. The summed E-state index contributed by atoms with van der Waals surface area (Å²) in [6.07, 6.45) is 3.22. The molecule has 2 amide bonds. The van der Waals surface area contributed by atoms with Gasteiger partial charge in [0.25, 0.3) is 0 Å². The van der Waals surface area contributed by atoms with Gasteiger partial charge in [-0.15, -0.1) is 0 Å². The highest BCUT2D eigenvalue weighted by atomic mass is 16.5. The van der Waals surface area contributed by atoms with E-state index in [0.717, 1.165) is 18.4 Å².